The van der Waals surface area contributed by atoms with Gasteiger partial charge in [-0.1, -0.05) is 302 Å². The molecule has 81 heavy (non-hydrogen) atoms. The van der Waals surface area contributed by atoms with Crippen LogP contribution in [0.1, 0.15) is 303 Å². The van der Waals surface area contributed by atoms with Crippen LogP contribution in [0.4, 0.5) is 0 Å². The highest BCUT2D eigenvalue weighted by atomic mass is 16.6. The minimum Gasteiger partial charge on any atom is -0.462 e. The number of carbonyl (C=O) groups excluding carboxylic acids is 3. The van der Waals surface area contributed by atoms with Crippen molar-refractivity contribution in [2.24, 2.45) is 0 Å². The van der Waals surface area contributed by atoms with Crippen molar-refractivity contribution in [3.05, 3.63) is 134 Å². The Morgan fingerprint density at radius 1 is 0.259 bits per heavy atom. The van der Waals surface area contributed by atoms with Crippen molar-refractivity contribution in [3.63, 3.8) is 0 Å². The fourth-order valence-electron chi connectivity index (χ4n) is 9.18. The van der Waals surface area contributed by atoms with Gasteiger partial charge in [-0.05, 0) is 116 Å². The number of rotatable bonds is 60. The van der Waals surface area contributed by atoms with Crippen molar-refractivity contribution in [1.29, 1.82) is 0 Å². The van der Waals surface area contributed by atoms with Crippen LogP contribution in [0.25, 0.3) is 0 Å². The van der Waals surface area contributed by atoms with Crippen LogP contribution in [0.2, 0.25) is 0 Å². The van der Waals surface area contributed by atoms with Gasteiger partial charge in [0.15, 0.2) is 6.10 Å². The molecular weight excluding hydrogens is 997 g/mol. The number of hydrogen-bond donors (Lipinski definition) is 0. The van der Waals surface area contributed by atoms with Gasteiger partial charge < -0.3 is 14.2 Å². The third-order valence-corrected chi connectivity index (χ3v) is 14.2. The first-order valence-electron chi connectivity index (χ1n) is 33.7. The van der Waals surface area contributed by atoms with Gasteiger partial charge in [0, 0.05) is 19.3 Å². The van der Waals surface area contributed by atoms with Crippen molar-refractivity contribution < 1.29 is 28.6 Å². The van der Waals surface area contributed by atoms with Crippen LogP contribution < -0.4 is 0 Å². The molecule has 0 radical (unpaired) electrons. The summed E-state index contributed by atoms with van der Waals surface area (Å²) in [7, 11) is 0. The van der Waals surface area contributed by atoms with Crippen LogP contribution in [0.5, 0.6) is 0 Å². The Morgan fingerprint density at radius 3 is 0.753 bits per heavy atom. The number of unbranched alkanes of at least 4 members (excludes halogenated alkanes) is 27. The molecule has 0 spiro atoms. The van der Waals surface area contributed by atoms with Gasteiger partial charge in [-0.3, -0.25) is 14.4 Å². The summed E-state index contributed by atoms with van der Waals surface area (Å²) >= 11 is 0. The number of esters is 3. The SMILES string of the molecule is CC/C=C\C/C=C\C/C=C\C/C=C\C/C=C\C/C=C\CCCCCCCCCCCCC(=O)OCC(COC(=O)CCCCCCCCCCC)OC(=O)CCCCCCCCCCC/C=C\C/C=C\C/C=C\C/C=C\C/C=C\CC. The summed E-state index contributed by atoms with van der Waals surface area (Å²) in [6, 6.07) is 0. The van der Waals surface area contributed by atoms with Crippen LogP contribution in [0, 0.1) is 0 Å². The van der Waals surface area contributed by atoms with E-state index in [9.17, 15) is 14.4 Å². The highest BCUT2D eigenvalue weighted by molar-refractivity contribution is 5.71. The van der Waals surface area contributed by atoms with Gasteiger partial charge in [-0.25, -0.2) is 0 Å². The zero-order valence-electron chi connectivity index (χ0n) is 52.8. The van der Waals surface area contributed by atoms with Crippen LogP contribution in [-0.2, 0) is 28.6 Å². The molecule has 0 aliphatic heterocycles. The van der Waals surface area contributed by atoms with Crippen LogP contribution in [0.15, 0.2) is 134 Å². The monoisotopic (exact) mass is 1120 g/mol. The van der Waals surface area contributed by atoms with Gasteiger partial charge in [0.2, 0.25) is 0 Å². The normalized spacial score (nSPS) is 13.0. The Balaban J connectivity index is 4.23. The van der Waals surface area contributed by atoms with Gasteiger partial charge in [0.1, 0.15) is 13.2 Å². The third-order valence-electron chi connectivity index (χ3n) is 14.2. The lowest BCUT2D eigenvalue weighted by atomic mass is 10.1. The summed E-state index contributed by atoms with van der Waals surface area (Å²) in [5.74, 6) is -0.890. The fourth-order valence-corrected chi connectivity index (χ4v) is 9.18. The smallest absolute Gasteiger partial charge is 0.306 e. The Labute approximate surface area is 500 Å². The van der Waals surface area contributed by atoms with E-state index in [1.54, 1.807) is 0 Å². The Kier molecular flexibility index (Phi) is 64.3. The third kappa shape index (κ3) is 66.2. The molecule has 6 heteroatoms. The van der Waals surface area contributed by atoms with Gasteiger partial charge in [0.05, 0.1) is 0 Å². The molecule has 0 aliphatic rings. The molecule has 6 nitrogen and oxygen atoms in total. The minimum absolute atomic E-state index is 0.0823. The number of allylic oxidation sites excluding steroid dienone is 22. The topological polar surface area (TPSA) is 78.9 Å². The molecule has 0 N–H and O–H groups in total. The summed E-state index contributed by atoms with van der Waals surface area (Å²) in [6.45, 7) is 6.40. The maximum absolute atomic E-state index is 12.9. The zero-order chi connectivity index (χ0) is 58.5. The average Bonchev–Trinajstić information content (AvgIpc) is 3.47. The summed E-state index contributed by atoms with van der Waals surface area (Å²) in [6.07, 6.45) is 96.1. The average molecular weight is 1120 g/mol. The maximum atomic E-state index is 12.9. The molecule has 460 valence electrons. The summed E-state index contributed by atoms with van der Waals surface area (Å²) in [4.78, 5) is 38.3. The van der Waals surface area contributed by atoms with E-state index in [2.05, 4.69) is 154 Å². The molecular formula is C75H124O6. The van der Waals surface area contributed by atoms with Crippen molar-refractivity contribution in [2.75, 3.05) is 13.2 Å². The molecule has 0 aliphatic carbocycles. The van der Waals surface area contributed by atoms with Crippen molar-refractivity contribution >= 4 is 17.9 Å². The molecule has 1 unspecified atom stereocenters. The second-order valence-corrected chi connectivity index (χ2v) is 22.0. The molecule has 0 fully saturated rings. The molecule has 0 rings (SSSR count). The van der Waals surface area contributed by atoms with Gasteiger partial charge >= 0.3 is 17.9 Å². The molecule has 0 saturated carbocycles. The highest BCUT2D eigenvalue weighted by Crippen LogP contribution is 2.16. The van der Waals surface area contributed by atoms with E-state index in [0.29, 0.717) is 19.3 Å². The number of carbonyl (C=O) groups is 3. The first-order valence-corrected chi connectivity index (χ1v) is 33.7. The maximum Gasteiger partial charge on any atom is 0.306 e. The number of ether oxygens (including phenoxy) is 3. The predicted molar refractivity (Wildman–Crippen MR) is 353 cm³/mol. The van der Waals surface area contributed by atoms with Crippen molar-refractivity contribution in [1.82, 2.24) is 0 Å². The molecule has 0 bridgehead atoms. The minimum atomic E-state index is -0.786. The molecule has 0 heterocycles. The lowest BCUT2D eigenvalue weighted by Crippen LogP contribution is -2.30. The van der Waals surface area contributed by atoms with E-state index < -0.39 is 6.10 Å². The first-order chi connectivity index (χ1) is 40.0. The molecule has 1 atom stereocenters. The number of hydrogen-bond acceptors (Lipinski definition) is 6. The summed E-state index contributed by atoms with van der Waals surface area (Å²) < 4.78 is 16.9. The molecule has 0 aromatic carbocycles. The Hall–Kier alpha value is -4.45. The van der Waals surface area contributed by atoms with Crippen molar-refractivity contribution in [2.45, 2.75) is 309 Å². The molecule has 0 aromatic rings. The van der Waals surface area contributed by atoms with Gasteiger partial charge in [-0.15, -0.1) is 0 Å². The van der Waals surface area contributed by atoms with E-state index in [0.717, 1.165) is 135 Å². The van der Waals surface area contributed by atoms with E-state index >= 15 is 0 Å². The Bertz CT molecular complexity index is 1720. The first kappa shape index (κ1) is 76.5. The van der Waals surface area contributed by atoms with Crippen LogP contribution in [-0.4, -0.2) is 37.2 Å². The van der Waals surface area contributed by atoms with Gasteiger partial charge in [0.25, 0.3) is 0 Å². The molecule has 0 saturated heterocycles. The second-order valence-electron chi connectivity index (χ2n) is 22.0. The zero-order valence-corrected chi connectivity index (χ0v) is 52.8. The van der Waals surface area contributed by atoms with E-state index in [1.165, 1.54) is 128 Å². The fraction of sp³-hybridized carbons (Fsp3) is 0.667. The van der Waals surface area contributed by atoms with Crippen LogP contribution >= 0.6 is 0 Å². The predicted octanol–water partition coefficient (Wildman–Crippen LogP) is 23.3. The second kappa shape index (κ2) is 68.1. The largest absolute Gasteiger partial charge is 0.462 e. The summed E-state index contributed by atoms with van der Waals surface area (Å²) in [5, 5.41) is 0. The van der Waals surface area contributed by atoms with E-state index in [1.807, 2.05) is 0 Å². The lowest BCUT2D eigenvalue weighted by molar-refractivity contribution is -0.167. The van der Waals surface area contributed by atoms with Crippen molar-refractivity contribution in [3.8, 4) is 0 Å². The molecule has 0 amide bonds. The lowest BCUT2D eigenvalue weighted by Gasteiger charge is -2.18. The Morgan fingerprint density at radius 2 is 0.481 bits per heavy atom. The summed E-state index contributed by atoms with van der Waals surface area (Å²) in [5.41, 5.74) is 0. The standard InChI is InChI=1S/C75H124O6/c1-4-7-10-13-16-19-21-23-25-27-29-31-33-35-36-37-38-40-41-43-45-47-49-51-53-56-59-62-65-68-74(77)80-71-72(70-79-73(76)67-64-61-58-55-18-15-12-9-6-3)81-75(78)69-66-63-60-57-54-52-50-48-46-44-42-39-34-32-30-28-26-24-22-20-17-14-11-8-5-2/h7-8,10-11,16-17,19-20,23-26,29-32,35-36,38-40,42,72H,4-6,9,12-15,18,21-22,27-28,33-34,37,41,43-71H2,1-3H3/b10-7-,11-8-,19-16-,20-17-,25-23-,26-24-,31-29-,32-30-,36-35-,40-38-,42-39-. The molecule has 0 aromatic heterocycles. The van der Waals surface area contributed by atoms with E-state index in [-0.39, 0.29) is 31.1 Å². The van der Waals surface area contributed by atoms with E-state index in [4.69, 9.17) is 14.2 Å². The van der Waals surface area contributed by atoms with Crippen LogP contribution in [0.3, 0.4) is 0 Å². The highest BCUT2D eigenvalue weighted by Gasteiger charge is 2.19. The quantitative estimate of drug-likeness (QED) is 0.0261. The van der Waals surface area contributed by atoms with Gasteiger partial charge in [-0.2, -0.15) is 0 Å².